The fourth-order valence-electron chi connectivity index (χ4n) is 2.19. The summed E-state index contributed by atoms with van der Waals surface area (Å²) in [6.45, 7) is 0.283. The van der Waals surface area contributed by atoms with Crippen molar-refractivity contribution >= 4 is 12.0 Å². The van der Waals surface area contributed by atoms with Crippen molar-refractivity contribution in [3.05, 3.63) is 54.0 Å². The molecule has 1 aromatic heterocycles. The number of hydrogen-bond donors (Lipinski definition) is 3. The van der Waals surface area contributed by atoms with Gasteiger partial charge >= 0.3 is 12.0 Å². The molecule has 1 aromatic carbocycles. The molecule has 0 spiro atoms. The van der Waals surface area contributed by atoms with Crippen molar-refractivity contribution in [2.24, 2.45) is 0 Å². The summed E-state index contributed by atoms with van der Waals surface area (Å²) in [5.41, 5.74) is 0.839. The van der Waals surface area contributed by atoms with E-state index in [4.69, 9.17) is 14.3 Å². The summed E-state index contributed by atoms with van der Waals surface area (Å²) in [6, 6.07) is 9.98. The Morgan fingerprint density at radius 3 is 2.58 bits per heavy atom. The Hall–Kier alpha value is -2.96. The molecule has 1 unspecified atom stereocenters. The number of ether oxygens (including phenoxy) is 1. The number of benzene rings is 1. The summed E-state index contributed by atoms with van der Waals surface area (Å²) in [5, 5.41) is 14.1. The second-order valence-electron chi connectivity index (χ2n) is 5.12. The number of carboxylic acids is 1. The molecule has 0 saturated carbocycles. The van der Waals surface area contributed by atoms with Crippen molar-refractivity contribution in [2.75, 3.05) is 13.7 Å². The quantitative estimate of drug-likeness (QED) is 0.645. The van der Waals surface area contributed by atoms with Crippen LogP contribution >= 0.6 is 0 Å². The van der Waals surface area contributed by atoms with E-state index >= 15 is 0 Å². The van der Waals surface area contributed by atoms with Crippen LogP contribution in [0.4, 0.5) is 4.79 Å². The monoisotopic (exact) mass is 332 g/mol. The molecule has 0 radical (unpaired) electrons. The predicted octanol–water partition coefficient (Wildman–Crippen LogP) is 2.54. The van der Waals surface area contributed by atoms with Crippen LogP contribution in [0.5, 0.6) is 5.75 Å². The maximum Gasteiger partial charge on any atom is 0.315 e. The lowest BCUT2D eigenvalue weighted by Gasteiger charge is -2.18. The lowest BCUT2D eigenvalue weighted by molar-refractivity contribution is -0.137. The minimum atomic E-state index is -0.885. The van der Waals surface area contributed by atoms with Gasteiger partial charge in [0.1, 0.15) is 17.6 Å². The number of carbonyl (C=O) groups excluding carboxylic acids is 1. The number of hydrogen-bond acceptors (Lipinski definition) is 4. The van der Waals surface area contributed by atoms with E-state index in [0.29, 0.717) is 12.2 Å². The molecule has 1 heterocycles. The Morgan fingerprint density at radius 1 is 1.25 bits per heavy atom. The zero-order valence-corrected chi connectivity index (χ0v) is 13.3. The number of furan rings is 1. The fraction of sp³-hybridized carbons (Fsp3) is 0.294. The summed E-state index contributed by atoms with van der Waals surface area (Å²) in [6.07, 6.45) is 1.93. The van der Waals surface area contributed by atoms with Crippen LogP contribution in [0.2, 0.25) is 0 Å². The minimum Gasteiger partial charge on any atom is -0.497 e. The smallest absolute Gasteiger partial charge is 0.315 e. The number of carbonyl (C=O) groups is 2. The number of aliphatic carboxylic acids is 1. The molecule has 0 aliphatic carbocycles. The molecule has 128 valence electrons. The van der Waals surface area contributed by atoms with Gasteiger partial charge in [-0.25, -0.2) is 4.79 Å². The third-order valence-corrected chi connectivity index (χ3v) is 3.41. The second kappa shape index (κ2) is 8.61. The summed E-state index contributed by atoms with van der Waals surface area (Å²) >= 11 is 0. The lowest BCUT2D eigenvalue weighted by atomic mass is 10.0. The van der Waals surface area contributed by atoms with Crippen molar-refractivity contribution in [3.8, 4) is 5.75 Å². The van der Waals surface area contributed by atoms with Crippen LogP contribution in [0, 0.1) is 0 Å². The molecule has 0 saturated heterocycles. The molecule has 7 nitrogen and oxygen atoms in total. The Bertz CT molecular complexity index is 652. The Labute approximate surface area is 139 Å². The molecule has 3 N–H and O–H groups in total. The molecular formula is C17H20N2O5. The topological polar surface area (TPSA) is 101 Å². The van der Waals surface area contributed by atoms with Crippen LogP contribution in [-0.4, -0.2) is 30.8 Å². The van der Waals surface area contributed by atoms with Crippen molar-refractivity contribution < 1.29 is 23.8 Å². The normalized spacial score (nSPS) is 11.5. The number of nitrogens with one attached hydrogen (secondary N) is 2. The van der Waals surface area contributed by atoms with E-state index in [-0.39, 0.29) is 13.0 Å². The van der Waals surface area contributed by atoms with E-state index in [1.165, 1.54) is 6.26 Å². The maximum atomic E-state index is 12.1. The van der Waals surface area contributed by atoms with Gasteiger partial charge in [0, 0.05) is 13.0 Å². The van der Waals surface area contributed by atoms with Gasteiger partial charge in [0.25, 0.3) is 0 Å². The van der Waals surface area contributed by atoms with E-state index in [9.17, 15) is 9.59 Å². The molecule has 2 aromatic rings. The van der Waals surface area contributed by atoms with Gasteiger partial charge in [0.05, 0.1) is 13.4 Å². The standard InChI is InChI=1S/C17H20N2O5/c1-23-13-8-6-12(7-9-13)16(14-4-3-11-24-14)19-17(22)18-10-2-5-15(20)21/h3-4,6-9,11,16H,2,5,10H2,1H3,(H,20,21)(H2,18,19,22). The van der Waals surface area contributed by atoms with Crippen molar-refractivity contribution in [1.29, 1.82) is 0 Å². The van der Waals surface area contributed by atoms with Crippen molar-refractivity contribution in [2.45, 2.75) is 18.9 Å². The average molecular weight is 332 g/mol. The molecule has 24 heavy (non-hydrogen) atoms. The highest BCUT2D eigenvalue weighted by molar-refractivity contribution is 5.75. The van der Waals surface area contributed by atoms with Crippen molar-refractivity contribution in [1.82, 2.24) is 10.6 Å². The van der Waals surface area contributed by atoms with Gasteiger partial charge < -0.3 is 24.9 Å². The molecule has 7 heteroatoms. The highest BCUT2D eigenvalue weighted by Gasteiger charge is 2.19. The van der Waals surface area contributed by atoms with Gasteiger partial charge in [0.2, 0.25) is 0 Å². The first-order valence-corrected chi connectivity index (χ1v) is 7.53. The molecule has 0 fully saturated rings. The molecule has 2 rings (SSSR count). The van der Waals surface area contributed by atoms with Crippen molar-refractivity contribution in [3.63, 3.8) is 0 Å². The highest BCUT2D eigenvalue weighted by atomic mass is 16.5. The van der Waals surface area contributed by atoms with Gasteiger partial charge in [-0.2, -0.15) is 0 Å². The predicted molar refractivity (Wildman–Crippen MR) is 86.9 cm³/mol. The number of amides is 2. The van der Waals surface area contributed by atoms with Gasteiger partial charge in [-0.1, -0.05) is 12.1 Å². The first kappa shape index (κ1) is 17.4. The number of urea groups is 1. The molecule has 0 bridgehead atoms. The van der Waals surface area contributed by atoms with Gasteiger partial charge in [-0.15, -0.1) is 0 Å². The lowest BCUT2D eigenvalue weighted by Crippen LogP contribution is -2.38. The van der Waals surface area contributed by atoms with Gasteiger partial charge in [-0.3, -0.25) is 4.79 Å². The van der Waals surface area contributed by atoms with E-state index in [2.05, 4.69) is 10.6 Å². The largest absolute Gasteiger partial charge is 0.497 e. The summed E-state index contributed by atoms with van der Waals surface area (Å²) in [4.78, 5) is 22.5. The molecule has 0 aliphatic rings. The second-order valence-corrected chi connectivity index (χ2v) is 5.12. The number of methoxy groups -OCH3 is 1. The third-order valence-electron chi connectivity index (χ3n) is 3.41. The zero-order chi connectivity index (χ0) is 17.4. The Kier molecular flexibility index (Phi) is 6.24. The van der Waals surface area contributed by atoms with E-state index < -0.39 is 18.0 Å². The van der Waals surface area contributed by atoms with Crippen LogP contribution in [0.1, 0.15) is 30.2 Å². The van der Waals surface area contributed by atoms with Crippen LogP contribution in [-0.2, 0) is 4.79 Å². The minimum absolute atomic E-state index is 0.0143. The molecular weight excluding hydrogens is 312 g/mol. The third kappa shape index (κ3) is 5.05. The summed E-state index contributed by atoms with van der Waals surface area (Å²) < 4.78 is 10.5. The van der Waals surface area contributed by atoms with Crippen LogP contribution in [0.25, 0.3) is 0 Å². The molecule has 1 atom stereocenters. The molecule has 0 aliphatic heterocycles. The summed E-state index contributed by atoms with van der Waals surface area (Å²) in [7, 11) is 1.59. The first-order valence-electron chi connectivity index (χ1n) is 7.53. The van der Waals surface area contributed by atoms with Gasteiger partial charge in [-0.05, 0) is 36.2 Å². The van der Waals surface area contributed by atoms with Crippen LogP contribution in [0.3, 0.4) is 0 Å². The molecule has 2 amide bonds. The van der Waals surface area contributed by atoms with E-state index in [0.717, 1.165) is 11.3 Å². The average Bonchev–Trinajstić information content (AvgIpc) is 3.11. The SMILES string of the molecule is COc1ccc(C(NC(=O)NCCCC(=O)O)c2ccco2)cc1. The van der Waals surface area contributed by atoms with Crippen LogP contribution < -0.4 is 15.4 Å². The Balaban J connectivity index is 2.01. The fourth-order valence-corrected chi connectivity index (χ4v) is 2.19. The number of rotatable bonds is 8. The zero-order valence-electron chi connectivity index (χ0n) is 13.3. The van der Waals surface area contributed by atoms with E-state index in [1.807, 2.05) is 12.1 Å². The van der Waals surface area contributed by atoms with Crippen LogP contribution in [0.15, 0.2) is 47.1 Å². The highest BCUT2D eigenvalue weighted by Crippen LogP contribution is 2.24. The Morgan fingerprint density at radius 2 is 2.00 bits per heavy atom. The maximum absolute atomic E-state index is 12.1. The summed E-state index contributed by atoms with van der Waals surface area (Å²) in [5.74, 6) is 0.430. The number of carboxylic acid groups (broad SMARTS) is 1. The first-order chi connectivity index (χ1) is 11.6. The van der Waals surface area contributed by atoms with E-state index in [1.54, 1.807) is 31.4 Å². The van der Waals surface area contributed by atoms with Gasteiger partial charge in [0.15, 0.2) is 0 Å².